The molecule has 10 nitrogen and oxygen atoms in total. The predicted molar refractivity (Wildman–Crippen MR) is 153 cm³/mol. The average Bonchev–Trinajstić information content (AvgIpc) is 3.53. The molecule has 2 aromatic rings. The first-order valence-corrected chi connectivity index (χ1v) is 15.7. The van der Waals surface area contributed by atoms with Crippen molar-refractivity contribution in [3.63, 3.8) is 0 Å². The van der Waals surface area contributed by atoms with Crippen molar-refractivity contribution < 1.29 is 27.8 Å². The van der Waals surface area contributed by atoms with Crippen LogP contribution in [0.5, 0.6) is 5.75 Å². The Balaban J connectivity index is 1.30. The van der Waals surface area contributed by atoms with E-state index in [1.165, 1.54) is 18.9 Å². The van der Waals surface area contributed by atoms with Crippen LogP contribution in [0.4, 0.5) is 17.1 Å². The molecule has 1 atom stereocenters. The summed E-state index contributed by atoms with van der Waals surface area (Å²) >= 11 is 0. The van der Waals surface area contributed by atoms with Gasteiger partial charge in [0.2, 0.25) is 10.0 Å². The molecule has 4 aliphatic rings. The summed E-state index contributed by atoms with van der Waals surface area (Å²) in [6, 6.07) is 8.59. The van der Waals surface area contributed by atoms with E-state index in [0.717, 1.165) is 62.4 Å². The van der Waals surface area contributed by atoms with E-state index in [2.05, 4.69) is 26.8 Å². The van der Waals surface area contributed by atoms with Crippen LogP contribution >= 0.6 is 0 Å². The van der Waals surface area contributed by atoms with Gasteiger partial charge in [0.05, 0.1) is 47.8 Å². The zero-order valence-corrected chi connectivity index (χ0v) is 23.8. The van der Waals surface area contributed by atoms with Gasteiger partial charge in [-0.25, -0.2) is 13.1 Å². The highest BCUT2D eigenvalue weighted by atomic mass is 32.2. The lowest BCUT2D eigenvalue weighted by Gasteiger charge is -2.35. The Labute approximate surface area is 235 Å². The number of amides is 1. The van der Waals surface area contributed by atoms with E-state index in [0.29, 0.717) is 35.6 Å². The second-order valence-electron chi connectivity index (χ2n) is 11.5. The molecule has 2 saturated heterocycles. The third kappa shape index (κ3) is 5.52. The maximum atomic E-state index is 13.8. The molecule has 1 amide bonds. The molecule has 0 radical (unpaired) electrons. The van der Waals surface area contributed by atoms with Crippen LogP contribution in [-0.2, 0) is 21.2 Å². The molecule has 0 unspecified atom stereocenters. The molecule has 1 spiro atoms. The van der Waals surface area contributed by atoms with Crippen LogP contribution in [0.2, 0.25) is 0 Å². The number of nitrogens with one attached hydrogen (secondary N) is 2. The molecule has 3 aliphatic heterocycles. The number of benzene rings is 2. The van der Waals surface area contributed by atoms with Gasteiger partial charge in [0.15, 0.2) is 0 Å². The zero-order chi connectivity index (χ0) is 27.9. The molecule has 3 N–H and O–H groups in total. The summed E-state index contributed by atoms with van der Waals surface area (Å²) < 4.78 is 39.8. The third-order valence-electron chi connectivity index (χ3n) is 8.65. The van der Waals surface area contributed by atoms with Gasteiger partial charge >= 0.3 is 0 Å². The molecule has 2 aromatic carbocycles. The lowest BCUT2D eigenvalue weighted by Crippen LogP contribution is -2.41. The maximum absolute atomic E-state index is 13.8. The number of carbonyl (C=O) groups excluding carboxylic acids is 1. The van der Waals surface area contributed by atoms with E-state index < -0.39 is 10.0 Å². The number of nitrogens with zero attached hydrogens (tertiary/aromatic N) is 2. The quantitative estimate of drug-likeness (QED) is 0.443. The Bertz CT molecular complexity index is 1380. The fraction of sp³-hybridized carbons (Fsp3) is 0.552. The number of ether oxygens (including phenoxy) is 2. The predicted octanol–water partition coefficient (Wildman–Crippen LogP) is 2.75. The van der Waals surface area contributed by atoms with Crippen molar-refractivity contribution in [2.24, 2.45) is 5.41 Å². The smallest absolute Gasteiger partial charge is 0.257 e. The van der Waals surface area contributed by atoms with E-state index in [4.69, 9.17) is 14.6 Å². The fourth-order valence-corrected chi connectivity index (χ4v) is 7.17. The van der Waals surface area contributed by atoms with Crippen molar-refractivity contribution in [2.75, 3.05) is 67.7 Å². The number of hydrogen-bond acceptors (Lipinski definition) is 8. The zero-order valence-electron chi connectivity index (χ0n) is 22.9. The van der Waals surface area contributed by atoms with Crippen LogP contribution in [0.3, 0.4) is 0 Å². The van der Waals surface area contributed by atoms with Crippen molar-refractivity contribution in [1.82, 2.24) is 4.72 Å². The summed E-state index contributed by atoms with van der Waals surface area (Å²) in [7, 11) is -3.82. The second-order valence-corrected chi connectivity index (χ2v) is 13.2. The van der Waals surface area contributed by atoms with Gasteiger partial charge < -0.3 is 29.7 Å². The molecule has 0 aromatic heterocycles. The Morgan fingerprint density at radius 2 is 1.85 bits per heavy atom. The van der Waals surface area contributed by atoms with Crippen molar-refractivity contribution in [3.8, 4) is 5.75 Å². The van der Waals surface area contributed by atoms with Crippen molar-refractivity contribution in [2.45, 2.75) is 50.0 Å². The Morgan fingerprint density at radius 3 is 2.58 bits per heavy atom. The number of piperidine rings is 1. The normalized spacial score (nSPS) is 21.7. The first-order chi connectivity index (χ1) is 19.3. The maximum Gasteiger partial charge on any atom is 0.257 e. The Kier molecular flexibility index (Phi) is 7.41. The second kappa shape index (κ2) is 10.8. The molecule has 0 bridgehead atoms. The molecule has 1 aliphatic carbocycles. The van der Waals surface area contributed by atoms with E-state index in [1.54, 1.807) is 12.1 Å². The first kappa shape index (κ1) is 27.3. The van der Waals surface area contributed by atoms with Gasteiger partial charge in [-0.3, -0.25) is 4.79 Å². The highest BCUT2D eigenvalue weighted by Gasteiger charge is 2.44. The molecular weight excluding hydrogens is 532 g/mol. The molecular formula is C29H38N4O6S. The lowest BCUT2D eigenvalue weighted by atomic mass is 9.93. The molecule has 6 rings (SSSR count). The monoisotopic (exact) mass is 570 g/mol. The minimum atomic E-state index is -3.82. The lowest BCUT2D eigenvalue weighted by molar-refractivity contribution is 0.0530. The largest absolute Gasteiger partial charge is 0.491 e. The van der Waals surface area contributed by atoms with Crippen LogP contribution in [0, 0.1) is 5.41 Å². The summed E-state index contributed by atoms with van der Waals surface area (Å²) in [6.45, 7) is 5.99. The Hall–Kier alpha value is -2.86. The number of morpholine rings is 1. The molecule has 3 fully saturated rings. The SMILES string of the molecule is C[C@H]1CN(c2cc(NC(=O)c3ccc(S(=O)(=O)NCCO)cc3N3CCC4(CC3)CC4)cc3c2OCC3)CCO1. The van der Waals surface area contributed by atoms with Gasteiger partial charge in [-0.05, 0) is 68.4 Å². The summed E-state index contributed by atoms with van der Waals surface area (Å²) in [5.74, 6) is 0.592. The van der Waals surface area contributed by atoms with Gasteiger partial charge in [0.1, 0.15) is 5.75 Å². The summed E-state index contributed by atoms with van der Waals surface area (Å²) in [4.78, 5) is 18.3. The summed E-state index contributed by atoms with van der Waals surface area (Å²) in [5.41, 5.74) is 4.20. The minimum Gasteiger partial charge on any atom is -0.491 e. The van der Waals surface area contributed by atoms with Crippen LogP contribution < -0.4 is 24.6 Å². The van der Waals surface area contributed by atoms with Gasteiger partial charge in [0.25, 0.3) is 5.91 Å². The van der Waals surface area contributed by atoms with Crippen molar-refractivity contribution >= 4 is 33.0 Å². The number of aliphatic hydroxyl groups is 1. The number of aliphatic hydroxyl groups excluding tert-OH is 1. The van der Waals surface area contributed by atoms with Gasteiger partial charge in [-0.15, -0.1) is 0 Å². The van der Waals surface area contributed by atoms with E-state index in [1.807, 2.05) is 12.1 Å². The van der Waals surface area contributed by atoms with Crippen LogP contribution in [0.25, 0.3) is 0 Å². The van der Waals surface area contributed by atoms with Crippen molar-refractivity contribution in [3.05, 3.63) is 41.5 Å². The van der Waals surface area contributed by atoms with E-state index >= 15 is 0 Å². The topological polar surface area (TPSA) is 120 Å². The van der Waals surface area contributed by atoms with E-state index in [9.17, 15) is 13.2 Å². The summed E-state index contributed by atoms with van der Waals surface area (Å²) in [6.07, 6.45) is 5.47. The van der Waals surface area contributed by atoms with Crippen molar-refractivity contribution in [1.29, 1.82) is 0 Å². The minimum absolute atomic E-state index is 0.0710. The number of anilines is 3. The van der Waals surface area contributed by atoms with Gasteiger partial charge in [-0.2, -0.15) is 0 Å². The molecule has 216 valence electrons. The highest BCUT2D eigenvalue weighted by Crippen LogP contribution is 2.54. The van der Waals surface area contributed by atoms with Crippen LogP contribution in [-0.4, -0.2) is 78.1 Å². The molecule has 1 saturated carbocycles. The number of hydrogen-bond donors (Lipinski definition) is 3. The molecule has 40 heavy (non-hydrogen) atoms. The number of rotatable bonds is 8. The van der Waals surface area contributed by atoms with Gasteiger partial charge in [0, 0.05) is 50.4 Å². The molecule has 11 heteroatoms. The number of fused-ring (bicyclic) bond motifs is 1. The first-order valence-electron chi connectivity index (χ1n) is 14.2. The van der Waals surface area contributed by atoms with Crippen LogP contribution in [0.15, 0.2) is 35.2 Å². The number of sulfonamides is 1. The molecule has 3 heterocycles. The fourth-order valence-electron chi connectivity index (χ4n) is 6.12. The van der Waals surface area contributed by atoms with Crippen LogP contribution in [0.1, 0.15) is 48.5 Å². The third-order valence-corrected chi connectivity index (χ3v) is 10.1. The summed E-state index contributed by atoms with van der Waals surface area (Å²) in [5, 5.41) is 12.2. The average molecular weight is 571 g/mol. The highest BCUT2D eigenvalue weighted by molar-refractivity contribution is 7.89. The standard InChI is InChI=1S/C29H38N4O6S/c1-20-19-33(12-15-38-20)26-17-22(16-21-4-14-39-27(21)26)31-28(35)24-3-2-23(40(36,37)30-9-13-34)18-25(24)32-10-7-29(5-6-29)8-11-32/h2-3,16-18,20,30,34H,4-15,19H2,1H3,(H,31,35)/t20-/m0/s1. The Morgan fingerprint density at radius 1 is 1.05 bits per heavy atom. The van der Waals surface area contributed by atoms with E-state index in [-0.39, 0.29) is 30.1 Å². The van der Waals surface area contributed by atoms with Gasteiger partial charge in [-0.1, -0.05) is 0 Å². The number of carbonyl (C=O) groups is 1.